The molecule has 0 fully saturated rings. The number of amides is 1. The van der Waals surface area contributed by atoms with Gasteiger partial charge in [0.2, 0.25) is 5.91 Å². The molecule has 0 aliphatic rings. The van der Waals surface area contributed by atoms with Crippen LogP contribution >= 0.6 is 15.6 Å². The molecule has 1 rings (SSSR count). The summed E-state index contributed by atoms with van der Waals surface area (Å²) in [7, 11) is -9.28. The molecular formula is C7H13NO9P2. The van der Waals surface area contributed by atoms with E-state index in [1.54, 1.807) is 24.3 Å². The van der Waals surface area contributed by atoms with Crippen LogP contribution in [0.3, 0.4) is 0 Å². The molecule has 1 amide bonds. The molecule has 0 unspecified atom stereocenters. The van der Waals surface area contributed by atoms with Crippen LogP contribution in [0.1, 0.15) is 10.4 Å². The highest BCUT2D eigenvalue weighted by molar-refractivity contribution is 7.45. The standard InChI is InChI=1S/C7H7NO.2H3O4P/c8-7(9)6-4-2-1-3-5-6;2*1-5(2,3)4/h1-5H,(H2,8,9);2*(H3,1,2,3,4). The van der Waals surface area contributed by atoms with Crippen molar-refractivity contribution in [3.05, 3.63) is 35.9 Å². The summed E-state index contributed by atoms with van der Waals surface area (Å²) in [4.78, 5) is 53.5. The van der Waals surface area contributed by atoms with E-state index in [-0.39, 0.29) is 5.91 Å². The number of nitrogens with two attached hydrogens (primary N) is 1. The molecule has 19 heavy (non-hydrogen) atoms. The third-order valence-corrected chi connectivity index (χ3v) is 1.06. The molecule has 0 saturated carbocycles. The Balaban J connectivity index is 0. The molecular weight excluding hydrogens is 304 g/mol. The van der Waals surface area contributed by atoms with E-state index in [0.717, 1.165) is 0 Å². The van der Waals surface area contributed by atoms with Crippen molar-refractivity contribution in [3.8, 4) is 0 Å². The number of rotatable bonds is 1. The fraction of sp³-hybridized carbons (Fsp3) is 0. The van der Waals surface area contributed by atoms with Gasteiger partial charge in [-0.15, -0.1) is 0 Å². The molecule has 110 valence electrons. The Morgan fingerprint density at radius 1 is 0.842 bits per heavy atom. The predicted molar refractivity (Wildman–Crippen MR) is 63.5 cm³/mol. The number of carbonyl (C=O) groups is 1. The van der Waals surface area contributed by atoms with Gasteiger partial charge in [-0.25, -0.2) is 9.13 Å². The van der Waals surface area contributed by atoms with Gasteiger partial charge in [-0.2, -0.15) is 0 Å². The minimum Gasteiger partial charge on any atom is -0.366 e. The van der Waals surface area contributed by atoms with Gasteiger partial charge < -0.3 is 35.1 Å². The van der Waals surface area contributed by atoms with Crippen LogP contribution in [0.25, 0.3) is 0 Å². The van der Waals surface area contributed by atoms with E-state index >= 15 is 0 Å². The van der Waals surface area contributed by atoms with Gasteiger partial charge in [0.15, 0.2) is 0 Å². The monoisotopic (exact) mass is 317 g/mol. The van der Waals surface area contributed by atoms with Crippen LogP contribution in [-0.4, -0.2) is 35.3 Å². The lowest BCUT2D eigenvalue weighted by molar-refractivity contribution is 0.1000. The van der Waals surface area contributed by atoms with Gasteiger partial charge in [0.1, 0.15) is 0 Å². The second-order valence-corrected chi connectivity index (χ2v) is 4.81. The molecule has 0 heterocycles. The van der Waals surface area contributed by atoms with E-state index in [9.17, 15) is 4.79 Å². The first kappa shape index (κ1) is 20.2. The van der Waals surface area contributed by atoms with Crippen LogP contribution in [0, 0.1) is 0 Å². The number of hydrogen-bond donors (Lipinski definition) is 7. The van der Waals surface area contributed by atoms with Crippen LogP contribution in [-0.2, 0) is 9.13 Å². The molecule has 10 nitrogen and oxygen atoms in total. The fourth-order valence-corrected chi connectivity index (χ4v) is 0.602. The summed E-state index contributed by atoms with van der Waals surface area (Å²) in [5.41, 5.74) is 5.53. The smallest absolute Gasteiger partial charge is 0.366 e. The summed E-state index contributed by atoms with van der Waals surface area (Å²) in [6.07, 6.45) is 0. The first-order valence-corrected chi connectivity index (χ1v) is 7.35. The molecule has 8 N–H and O–H groups in total. The largest absolute Gasteiger partial charge is 0.466 e. The molecule has 0 aromatic heterocycles. The number of phosphoric acid groups is 2. The topological polar surface area (TPSA) is 199 Å². The number of carbonyl (C=O) groups excluding carboxylic acids is 1. The Bertz CT molecular complexity index is 428. The van der Waals surface area contributed by atoms with E-state index < -0.39 is 15.6 Å². The second kappa shape index (κ2) is 8.92. The van der Waals surface area contributed by atoms with Gasteiger partial charge in [0.25, 0.3) is 0 Å². The summed E-state index contributed by atoms with van der Waals surface area (Å²) in [5, 5.41) is 0. The minimum atomic E-state index is -4.64. The van der Waals surface area contributed by atoms with Gasteiger partial charge in [-0.1, -0.05) is 18.2 Å². The minimum absolute atomic E-state index is 0.379. The Kier molecular flexibility index (Phi) is 9.49. The van der Waals surface area contributed by atoms with E-state index in [4.69, 9.17) is 44.2 Å². The van der Waals surface area contributed by atoms with Crippen LogP contribution in [0.4, 0.5) is 0 Å². The zero-order valence-electron chi connectivity index (χ0n) is 9.27. The summed E-state index contributed by atoms with van der Waals surface area (Å²) < 4.78 is 17.8. The molecule has 0 aliphatic carbocycles. The van der Waals surface area contributed by atoms with Gasteiger partial charge >= 0.3 is 15.6 Å². The van der Waals surface area contributed by atoms with Crippen LogP contribution in [0.2, 0.25) is 0 Å². The highest BCUT2D eigenvalue weighted by Crippen LogP contribution is 2.26. The zero-order valence-corrected chi connectivity index (χ0v) is 11.1. The van der Waals surface area contributed by atoms with Crippen molar-refractivity contribution in [2.45, 2.75) is 0 Å². The molecule has 0 radical (unpaired) electrons. The maximum Gasteiger partial charge on any atom is 0.466 e. The van der Waals surface area contributed by atoms with Crippen molar-refractivity contribution in [1.82, 2.24) is 0 Å². The molecule has 0 saturated heterocycles. The maximum atomic E-state index is 10.4. The van der Waals surface area contributed by atoms with Crippen molar-refractivity contribution in [3.63, 3.8) is 0 Å². The summed E-state index contributed by atoms with van der Waals surface area (Å²) in [6, 6.07) is 8.76. The van der Waals surface area contributed by atoms with E-state index in [1.807, 2.05) is 6.07 Å². The molecule has 0 bridgehead atoms. The van der Waals surface area contributed by atoms with Gasteiger partial charge in [0.05, 0.1) is 0 Å². The third-order valence-electron chi connectivity index (χ3n) is 1.06. The fourth-order valence-electron chi connectivity index (χ4n) is 0.602. The van der Waals surface area contributed by atoms with Crippen molar-refractivity contribution in [1.29, 1.82) is 0 Å². The Morgan fingerprint density at radius 3 is 1.26 bits per heavy atom. The molecule has 12 heteroatoms. The van der Waals surface area contributed by atoms with Crippen molar-refractivity contribution in [2.75, 3.05) is 0 Å². The lowest BCUT2D eigenvalue weighted by Gasteiger charge is -1.89. The Hall–Kier alpha value is -1.09. The van der Waals surface area contributed by atoms with Crippen LogP contribution in [0.15, 0.2) is 30.3 Å². The quantitative estimate of drug-likeness (QED) is 0.315. The maximum absolute atomic E-state index is 10.4. The van der Waals surface area contributed by atoms with Gasteiger partial charge in [-0.3, -0.25) is 4.79 Å². The first-order chi connectivity index (χ1) is 8.30. The predicted octanol–water partition coefficient (Wildman–Crippen LogP) is -1.07. The Morgan fingerprint density at radius 2 is 1.11 bits per heavy atom. The average molecular weight is 317 g/mol. The molecule has 0 aliphatic heterocycles. The summed E-state index contributed by atoms with van der Waals surface area (Å²) in [5.74, 6) is -0.379. The molecule has 1 aromatic carbocycles. The first-order valence-electron chi connectivity index (χ1n) is 4.22. The van der Waals surface area contributed by atoms with E-state index in [2.05, 4.69) is 0 Å². The van der Waals surface area contributed by atoms with Crippen molar-refractivity contribution >= 4 is 21.6 Å². The van der Waals surface area contributed by atoms with Crippen LogP contribution in [0.5, 0.6) is 0 Å². The highest BCUT2D eigenvalue weighted by Gasteiger charge is 2.00. The van der Waals surface area contributed by atoms with Crippen LogP contribution < -0.4 is 5.73 Å². The number of hydrogen-bond acceptors (Lipinski definition) is 3. The summed E-state index contributed by atoms with van der Waals surface area (Å²) >= 11 is 0. The number of benzene rings is 1. The van der Waals surface area contributed by atoms with Crippen molar-refractivity contribution in [2.24, 2.45) is 5.73 Å². The van der Waals surface area contributed by atoms with E-state index in [0.29, 0.717) is 5.56 Å². The molecule has 0 spiro atoms. The van der Waals surface area contributed by atoms with Gasteiger partial charge in [0, 0.05) is 5.56 Å². The normalized spacial score (nSPS) is 10.4. The molecule has 1 aromatic rings. The van der Waals surface area contributed by atoms with E-state index in [1.165, 1.54) is 0 Å². The lowest BCUT2D eigenvalue weighted by Crippen LogP contribution is -2.09. The number of primary amides is 1. The third kappa shape index (κ3) is 31.6. The lowest BCUT2D eigenvalue weighted by atomic mass is 10.2. The summed E-state index contributed by atoms with van der Waals surface area (Å²) in [6.45, 7) is 0. The van der Waals surface area contributed by atoms with Gasteiger partial charge in [-0.05, 0) is 12.1 Å². The SMILES string of the molecule is NC(=O)c1ccccc1.O=P(O)(O)O.O=P(O)(O)O. The highest BCUT2D eigenvalue weighted by atomic mass is 31.2. The average Bonchev–Trinajstić information content (AvgIpc) is 2.13. The zero-order chi connectivity index (χ0) is 15.7. The Labute approximate surface area is 107 Å². The molecule has 0 atom stereocenters. The second-order valence-electron chi connectivity index (χ2n) is 2.76. The van der Waals surface area contributed by atoms with Crippen molar-refractivity contribution < 1.29 is 43.3 Å².